The summed E-state index contributed by atoms with van der Waals surface area (Å²) in [6.45, 7) is 22.2. The Kier molecular flexibility index (Phi) is 15.5. The van der Waals surface area contributed by atoms with Crippen molar-refractivity contribution in [1.29, 1.82) is 0 Å². The first-order chi connectivity index (χ1) is 22.9. The molecule has 4 aliphatic rings. The molecule has 0 bridgehead atoms. The highest BCUT2D eigenvalue weighted by molar-refractivity contribution is 5.69. The SMILES string of the molecule is CCCCCCCCCCCCCCCC(=O)O[C@H]1CC[C@@]2(C)[C@@H](CC[C@@H]3[C@@H]2CC[C@]2(C)[C@@H]([C@H](C)/C=C(\C)[C@H](C)C(C)C)CC[C@@H]32)[C@@H]1C. The van der Waals surface area contributed by atoms with E-state index >= 15 is 0 Å². The zero-order chi connectivity index (χ0) is 34.9. The first-order valence-electron chi connectivity index (χ1n) is 21.8. The van der Waals surface area contributed by atoms with Gasteiger partial charge >= 0.3 is 5.97 Å². The molecule has 0 heterocycles. The Hall–Kier alpha value is -0.790. The molecule has 0 radical (unpaired) electrons. The van der Waals surface area contributed by atoms with Gasteiger partial charge < -0.3 is 4.74 Å². The molecule has 2 nitrogen and oxygen atoms in total. The van der Waals surface area contributed by atoms with Gasteiger partial charge in [0.15, 0.2) is 0 Å². The van der Waals surface area contributed by atoms with Crippen molar-refractivity contribution < 1.29 is 9.53 Å². The maximum atomic E-state index is 13.0. The molecular weight excluding hydrogens is 585 g/mol. The lowest BCUT2D eigenvalue weighted by molar-refractivity contribution is -0.175. The predicted molar refractivity (Wildman–Crippen MR) is 207 cm³/mol. The molecule has 4 aliphatic carbocycles. The van der Waals surface area contributed by atoms with Gasteiger partial charge in [-0.3, -0.25) is 4.79 Å². The average Bonchev–Trinajstić information content (AvgIpc) is 3.41. The minimum Gasteiger partial charge on any atom is -0.462 e. The zero-order valence-electron chi connectivity index (χ0n) is 33.7. The number of carbonyl (C=O) groups is 1. The number of allylic oxidation sites excluding steroid dienone is 2. The van der Waals surface area contributed by atoms with Crippen LogP contribution in [0.3, 0.4) is 0 Å². The quantitative estimate of drug-likeness (QED) is 0.0779. The van der Waals surface area contributed by atoms with Crippen LogP contribution in [0.25, 0.3) is 0 Å². The number of unbranched alkanes of at least 4 members (excludes halogenated alkanes) is 12. The summed E-state index contributed by atoms with van der Waals surface area (Å²) in [7, 11) is 0. The maximum Gasteiger partial charge on any atom is 0.306 e. The molecule has 0 aromatic rings. The fourth-order valence-electron chi connectivity index (χ4n) is 12.5. The van der Waals surface area contributed by atoms with E-state index in [4.69, 9.17) is 4.74 Å². The highest BCUT2D eigenvalue weighted by Gasteiger charge is 2.61. The normalized spacial score (nSPS) is 36.3. The third-order valence-corrected chi connectivity index (χ3v) is 15.9. The summed E-state index contributed by atoms with van der Waals surface area (Å²) in [5.74, 6) is 6.90. The van der Waals surface area contributed by atoms with E-state index in [1.165, 1.54) is 122 Å². The summed E-state index contributed by atoms with van der Waals surface area (Å²) >= 11 is 0. The van der Waals surface area contributed by atoms with Gasteiger partial charge in [-0.05, 0) is 129 Å². The van der Waals surface area contributed by atoms with Crippen molar-refractivity contribution in [3.63, 3.8) is 0 Å². The molecule has 0 saturated heterocycles. The largest absolute Gasteiger partial charge is 0.462 e. The number of fused-ring (bicyclic) bond motifs is 5. The van der Waals surface area contributed by atoms with E-state index < -0.39 is 0 Å². The van der Waals surface area contributed by atoms with Crippen molar-refractivity contribution in [3.8, 4) is 0 Å². The molecule has 0 N–H and O–H groups in total. The third-order valence-electron chi connectivity index (χ3n) is 15.9. The predicted octanol–water partition coefficient (Wildman–Crippen LogP) is 14.2. The molecule has 48 heavy (non-hydrogen) atoms. The van der Waals surface area contributed by atoms with Gasteiger partial charge in [0.05, 0.1) is 0 Å². The second kappa shape index (κ2) is 18.6. The van der Waals surface area contributed by atoms with E-state index in [0.29, 0.717) is 40.9 Å². The van der Waals surface area contributed by atoms with Gasteiger partial charge in [-0.2, -0.15) is 0 Å². The molecule has 4 saturated carbocycles. The van der Waals surface area contributed by atoms with Crippen LogP contribution in [0.2, 0.25) is 0 Å². The van der Waals surface area contributed by atoms with E-state index in [9.17, 15) is 4.79 Å². The van der Waals surface area contributed by atoms with Crippen molar-refractivity contribution >= 4 is 5.97 Å². The summed E-state index contributed by atoms with van der Waals surface area (Å²) < 4.78 is 6.29. The molecule has 0 amide bonds. The summed E-state index contributed by atoms with van der Waals surface area (Å²) in [6.07, 6.45) is 31.7. The van der Waals surface area contributed by atoms with E-state index in [-0.39, 0.29) is 12.1 Å². The van der Waals surface area contributed by atoms with Gasteiger partial charge in [-0.15, -0.1) is 0 Å². The fourth-order valence-corrected chi connectivity index (χ4v) is 12.5. The van der Waals surface area contributed by atoms with Crippen molar-refractivity contribution in [2.45, 2.75) is 210 Å². The lowest BCUT2D eigenvalue weighted by atomic mass is 9.43. The van der Waals surface area contributed by atoms with Crippen molar-refractivity contribution in [2.24, 2.45) is 64.1 Å². The van der Waals surface area contributed by atoms with Gasteiger partial charge in [-0.1, -0.05) is 144 Å². The minimum atomic E-state index is 0.0823. The summed E-state index contributed by atoms with van der Waals surface area (Å²) in [6, 6.07) is 0. The Balaban J connectivity index is 1.19. The Morgan fingerprint density at radius 3 is 1.85 bits per heavy atom. The van der Waals surface area contributed by atoms with Crippen LogP contribution in [-0.4, -0.2) is 12.1 Å². The summed E-state index contributed by atoms with van der Waals surface area (Å²) in [5.41, 5.74) is 2.55. The van der Waals surface area contributed by atoms with Crippen LogP contribution in [0.1, 0.15) is 204 Å². The van der Waals surface area contributed by atoms with Crippen LogP contribution in [0.15, 0.2) is 11.6 Å². The molecule has 0 spiro atoms. The van der Waals surface area contributed by atoms with Gasteiger partial charge in [0.1, 0.15) is 6.10 Å². The number of hydrogen-bond acceptors (Lipinski definition) is 2. The standard InChI is InChI=1S/C46H82O2/c1-10-11-12-13-14-15-16-17-18-19-20-21-22-23-44(47)48-43-29-31-46(9)40(37(43)7)25-24-38-41-27-26-39(45(41,8)30-28-42(38)46)35(5)32-34(4)36(6)33(2)3/h32-33,35-43H,10-31H2,1-9H3/b34-32+/t35-,36-,37+,38+,39-,40+,41+,42+,43+,45-,46+/m1/s1. The van der Waals surface area contributed by atoms with E-state index in [1.807, 2.05) is 0 Å². The molecule has 0 aromatic heterocycles. The van der Waals surface area contributed by atoms with Crippen LogP contribution in [0.4, 0.5) is 0 Å². The molecule has 0 unspecified atom stereocenters. The average molecular weight is 667 g/mol. The van der Waals surface area contributed by atoms with Crippen molar-refractivity contribution in [3.05, 3.63) is 11.6 Å². The van der Waals surface area contributed by atoms with E-state index in [2.05, 4.69) is 68.4 Å². The van der Waals surface area contributed by atoms with Crippen LogP contribution < -0.4 is 0 Å². The molecule has 0 aliphatic heterocycles. The molecule has 2 heteroatoms. The zero-order valence-corrected chi connectivity index (χ0v) is 33.7. The fraction of sp³-hybridized carbons (Fsp3) is 0.935. The number of esters is 1. The number of hydrogen-bond donors (Lipinski definition) is 0. The first-order valence-corrected chi connectivity index (χ1v) is 21.8. The topological polar surface area (TPSA) is 26.3 Å². The summed E-state index contributed by atoms with van der Waals surface area (Å²) in [5, 5.41) is 0. The second-order valence-electron chi connectivity index (χ2n) is 19.0. The third kappa shape index (κ3) is 9.55. The van der Waals surface area contributed by atoms with Crippen LogP contribution in [0.5, 0.6) is 0 Å². The van der Waals surface area contributed by atoms with E-state index in [1.54, 1.807) is 5.57 Å². The Labute approximate surface area is 300 Å². The highest BCUT2D eigenvalue weighted by atomic mass is 16.5. The van der Waals surface area contributed by atoms with Gasteiger partial charge in [0.2, 0.25) is 0 Å². The van der Waals surface area contributed by atoms with Gasteiger partial charge in [0.25, 0.3) is 0 Å². The number of ether oxygens (including phenoxy) is 1. The lowest BCUT2D eigenvalue weighted by Gasteiger charge is -2.62. The van der Waals surface area contributed by atoms with E-state index in [0.717, 1.165) is 42.4 Å². The Morgan fingerprint density at radius 2 is 1.25 bits per heavy atom. The maximum absolute atomic E-state index is 13.0. The van der Waals surface area contributed by atoms with Gasteiger partial charge in [-0.25, -0.2) is 0 Å². The Bertz CT molecular complexity index is 996. The second-order valence-corrected chi connectivity index (χ2v) is 19.0. The van der Waals surface area contributed by atoms with Crippen LogP contribution in [-0.2, 0) is 9.53 Å². The number of rotatable bonds is 19. The molecule has 0 aromatic carbocycles. The molecule has 4 rings (SSSR count). The highest BCUT2D eigenvalue weighted by Crippen LogP contribution is 2.69. The number of carbonyl (C=O) groups excluding carboxylic acids is 1. The minimum absolute atomic E-state index is 0.0823. The van der Waals surface area contributed by atoms with Crippen molar-refractivity contribution in [1.82, 2.24) is 0 Å². The molecular formula is C46H82O2. The smallest absolute Gasteiger partial charge is 0.306 e. The molecule has 11 atom stereocenters. The van der Waals surface area contributed by atoms with Gasteiger partial charge in [0, 0.05) is 6.42 Å². The van der Waals surface area contributed by atoms with Crippen LogP contribution >= 0.6 is 0 Å². The monoisotopic (exact) mass is 667 g/mol. The Morgan fingerprint density at radius 1 is 0.708 bits per heavy atom. The molecule has 278 valence electrons. The lowest BCUT2D eigenvalue weighted by Crippen LogP contribution is -2.56. The van der Waals surface area contributed by atoms with Crippen molar-refractivity contribution in [2.75, 3.05) is 0 Å². The van der Waals surface area contributed by atoms with Crippen LogP contribution in [0, 0.1) is 64.1 Å². The first kappa shape index (κ1) is 40.0. The summed E-state index contributed by atoms with van der Waals surface area (Å²) in [4.78, 5) is 13.0. The molecule has 4 fully saturated rings.